The normalized spacial score (nSPS) is 21.7. The van der Waals surface area contributed by atoms with Crippen LogP contribution in [0.15, 0.2) is 0 Å². The molecule has 124 valence electrons. The Morgan fingerprint density at radius 1 is 0.826 bits per heavy atom. The zero-order valence-corrected chi connectivity index (χ0v) is 15.0. The van der Waals surface area contributed by atoms with E-state index in [9.17, 15) is 14.4 Å². The second-order valence-electron chi connectivity index (χ2n) is 6.83. The molecule has 2 rings (SSSR count). The van der Waals surface area contributed by atoms with Gasteiger partial charge in [-0.15, -0.1) is 0 Å². The van der Waals surface area contributed by atoms with Crippen LogP contribution in [0, 0.1) is 40.5 Å². The van der Waals surface area contributed by atoms with Gasteiger partial charge in [0.25, 0.3) is 0 Å². The molecule has 1 aromatic carbocycles. The lowest BCUT2D eigenvalue weighted by Crippen LogP contribution is -2.38. The minimum atomic E-state index is -1.01. The van der Waals surface area contributed by atoms with Gasteiger partial charge in [0.2, 0.25) is 0 Å². The van der Waals surface area contributed by atoms with Crippen LogP contribution in [-0.2, 0) is 14.4 Å². The Balaban J connectivity index is 2.45. The van der Waals surface area contributed by atoms with E-state index >= 15 is 0 Å². The number of hydrogen-bond donors (Lipinski definition) is 0. The van der Waals surface area contributed by atoms with Crippen molar-refractivity contribution in [2.45, 2.75) is 66.7 Å². The fraction of sp³-hybridized carbons (Fsp3) is 0.550. The van der Waals surface area contributed by atoms with Crippen LogP contribution < -0.4 is 0 Å². The quantitative estimate of drug-likeness (QED) is 0.797. The van der Waals surface area contributed by atoms with Crippen molar-refractivity contribution in [1.29, 1.82) is 0 Å². The van der Waals surface area contributed by atoms with E-state index in [1.807, 2.05) is 0 Å². The van der Waals surface area contributed by atoms with Crippen molar-refractivity contribution in [3.05, 3.63) is 33.4 Å². The fourth-order valence-electron chi connectivity index (χ4n) is 3.88. The van der Waals surface area contributed by atoms with E-state index in [4.69, 9.17) is 0 Å². The number of benzene rings is 1. The van der Waals surface area contributed by atoms with Gasteiger partial charge in [-0.3, -0.25) is 14.4 Å². The topological polar surface area (TPSA) is 51.2 Å². The number of carbonyl (C=O) groups excluding carboxylic acids is 3. The predicted octanol–water partition coefficient (Wildman–Crippen LogP) is 3.84. The largest absolute Gasteiger partial charge is 0.298 e. The summed E-state index contributed by atoms with van der Waals surface area (Å²) in [6.07, 6.45) is 0.838. The van der Waals surface area contributed by atoms with Crippen LogP contribution in [0.25, 0.3) is 0 Å². The maximum absolute atomic E-state index is 12.4. The van der Waals surface area contributed by atoms with Gasteiger partial charge >= 0.3 is 0 Å². The van der Waals surface area contributed by atoms with E-state index in [-0.39, 0.29) is 29.7 Å². The first-order valence-corrected chi connectivity index (χ1v) is 8.35. The van der Waals surface area contributed by atoms with Crippen molar-refractivity contribution in [2.75, 3.05) is 0 Å². The molecule has 0 aromatic heterocycles. The third kappa shape index (κ3) is 2.89. The van der Waals surface area contributed by atoms with Gasteiger partial charge < -0.3 is 0 Å². The lowest BCUT2D eigenvalue weighted by molar-refractivity contribution is -0.142. The van der Waals surface area contributed by atoms with Crippen LogP contribution in [0.4, 0.5) is 0 Å². The number of Topliss-reactive ketones (excluding diaryl/α,β-unsaturated/α-hetero) is 3. The van der Waals surface area contributed by atoms with E-state index in [0.29, 0.717) is 12.8 Å². The highest BCUT2D eigenvalue weighted by atomic mass is 16.2. The molecule has 0 N–H and O–H groups in total. The first-order chi connectivity index (χ1) is 10.7. The molecule has 0 spiro atoms. The van der Waals surface area contributed by atoms with Gasteiger partial charge in [-0.1, -0.05) is 6.92 Å². The summed E-state index contributed by atoms with van der Waals surface area (Å²) in [5, 5.41) is 0. The molecule has 1 aromatic rings. The number of rotatable bonds is 3. The van der Waals surface area contributed by atoms with Gasteiger partial charge in [-0.2, -0.15) is 0 Å². The molecule has 1 aliphatic rings. The second-order valence-corrected chi connectivity index (χ2v) is 6.83. The van der Waals surface area contributed by atoms with Gasteiger partial charge in [0.15, 0.2) is 17.3 Å². The van der Waals surface area contributed by atoms with Crippen molar-refractivity contribution in [3.63, 3.8) is 0 Å². The summed E-state index contributed by atoms with van der Waals surface area (Å²) < 4.78 is 0. The first kappa shape index (κ1) is 17.6. The predicted molar refractivity (Wildman–Crippen MR) is 90.9 cm³/mol. The second kappa shape index (κ2) is 6.38. The SMILES string of the molecule is CCC(=O)C1C(=O)CC(c2c(C)c(C)c(C)c(C)c2C)CC1=O. The van der Waals surface area contributed by atoms with Crippen LogP contribution in [0.1, 0.15) is 65.5 Å². The Bertz CT molecular complexity index is 650. The van der Waals surface area contributed by atoms with Gasteiger partial charge in [0.05, 0.1) is 0 Å². The molecule has 0 radical (unpaired) electrons. The average molecular weight is 314 g/mol. The van der Waals surface area contributed by atoms with E-state index < -0.39 is 5.92 Å². The zero-order chi connectivity index (χ0) is 17.5. The fourth-order valence-corrected chi connectivity index (χ4v) is 3.88. The van der Waals surface area contributed by atoms with Gasteiger partial charge in [-0.05, 0) is 73.9 Å². The van der Waals surface area contributed by atoms with Crippen molar-refractivity contribution >= 4 is 17.3 Å². The lowest BCUT2D eigenvalue weighted by Gasteiger charge is -2.30. The highest BCUT2D eigenvalue weighted by Gasteiger charge is 2.40. The van der Waals surface area contributed by atoms with E-state index in [2.05, 4.69) is 34.6 Å². The first-order valence-electron chi connectivity index (χ1n) is 8.35. The molecule has 3 nitrogen and oxygen atoms in total. The Hall–Kier alpha value is -1.77. The molecule has 1 aliphatic carbocycles. The molecule has 0 bridgehead atoms. The van der Waals surface area contributed by atoms with Gasteiger partial charge in [0, 0.05) is 19.3 Å². The smallest absolute Gasteiger partial charge is 0.151 e. The van der Waals surface area contributed by atoms with Crippen LogP contribution in [0.3, 0.4) is 0 Å². The number of carbonyl (C=O) groups is 3. The van der Waals surface area contributed by atoms with Crippen molar-refractivity contribution in [2.24, 2.45) is 5.92 Å². The van der Waals surface area contributed by atoms with E-state index in [0.717, 1.165) is 5.56 Å². The summed E-state index contributed by atoms with van der Waals surface area (Å²) in [6.45, 7) is 12.1. The molecular formula is C20H26O3. The summed E-state index contributed by atoms with van der Waals surface area (Å²) in [4.78, 5) is 36.7. The Morgan fingerprint density at radius 2 is 1.22 bits per heavy atom. The lowest BCUT2D eigenvalue weighted by atomic mass is 9.72. The maximum Gasteiger partial charge on any atom is 0.151 e. The molecular weight excluding hydrogens is 288 g/mol. The standard InChI is InChI=1S/C20H26O3/c1-7-16(21)20-17(22)8-15(9-18(20)23)19-13(5)11(3)10(2)12(4)14(19)6/h15,20H,7-9H2,1-6H3. The Morgan fingerprint density at radius 3 is 1.61 bits per heavy atom. The van der Waals surface area contributed by atoms with E-state index in [1.54, 1.807) is 6.92 Å². The average Bonchev–Trinajstić information content (AvgIpc) is 2.50. The summed E-state index contributed by atoms with van der Waals surface area (Å²) in [7, 11) is 0. The summed E-state index contributed by atoms with van der Waals surface area (Å²) in [5.74, 6) is -1.73. The van der Waals surface area contributed by atoms with Crippen LogP contribution in [-0.4, -0.2) is 17.3 Å². The number of ketones is 3. The third-order valence-corrected chi connectivity index (χ3v) is 5.68. The molecule has 0 saturated heterocycles. The zero-order valence-electron chi connectivity index (χ0n) is 15.0. The van der Waals surface area contributed by atoms with Crippen molar-refractivity contribution < 1.29 is 14.4 Å². The molecule has 23 heavy (non-hydrogen) atoms. The van der Waals surface area contributed by atoms with Crippen molar-refractivity contribution in [3.8, 4) is 0 Å². The minimum absolute atomic E-state index is 0.0890. The minimum Gasteiger partial charge on any atom is -0.298 e. The van der Waals surface area contributed by atoms with Gasteiger partial charge in [-0.25, -0.2) is 0 Å². The molecule has 0 unspecified atom stereocenters. The molecule has 0 atom stereocenters. The molecule has 0 amide bonds. The highest BCUT2D eigenvalue weighted by Crippen LogP contribution is 2.38. The maximum atomic E-state index is 12.4. The molecule has 1 saturated carbocycles. The monoisotopic (exact) mass is 314 g/mol. The van der Waals surface area contributed by atoms with Crippen LogP contribution >= 0.6 is 0 Å². The molecule has 0 heterocycles. The number of hydrogen-bond acceptors (Lipinski definition) is 3. The Kier molecular flexibility index (Phi) is 4.88. The molecule has 1 fully saturated rings. The van der Waals surface area contributed by atoms with Crippen LogP contribution in [0.2, 0.25) is 0 Å². The van der Waals surface area contributed by atoms with Gasteiger partial charge in [0.1, 0.15) is 5.92 Å². The summed E-state index contributed by atoms with van der Waals surface area (Å²) >= 11 is 0. The molecule has 3 heteroatoms. The highest BCUT2D eigenvalue weighted by molar-refractivity contribution is 6.20. The third-order valence-electron chi connectivity index (χ3n) is 5.68. The Labute approximate surface area is 138 Å². The van der Waals surface area contributed by atoms with Crippen molar-refractivity contribution in [1.82, 2.24) is 0 Å². The summed E-state index contributed by atoms with van der Waals surface area (Å²) in [6, 6.07) is 0. The molecule has 0 aliphatic heterocycles. The summed E-state index contributed by atoms with van der Waals surface area (Å²) in [5.41, 5.74) is 7.23. The van der Waals surface area contributed by atoms with E-state index in [1.165, 1.54) is 27.8 Å². The van der Waals surface area contributed by atoms with Crippen LogP contribution in [0.5, 0.6) is 0 Å².